The fraction of sp³-hybridized carbons (Fsp3) is 0.467. The molecule has 3 atom stereocenters. The Balaban J connectivity index is 1.96. The van der Waals surface area contributed by atoms with E-state index < -0.39 is 29.5 Å². The van der Waals surface area contributed by atoms with Crippen molar-refractivity contribution in [1.29, 1.82) is 0 Å². The van der Waals surface area contributed by atoms with Crippen molar-refractivity contribution >= 4 is 22.8 Å². The van der Waals surface area contributed by atoms with Crippen LogP contribution >= 0.6 is 11.8 Å². The van der Waals surface area contributed by atoms with E-state index in [0.717, 1.165) is 11.8 Å². The summed E-state index contributed by atoms with van der Waals surface area (Å²) in [5.41, 5.74) is 0.464. The zero-order valence-corrected chi connectivity index (χ0v) is 12.9. The second-order valence-electron chi connectivity index (χ2n) is 5.36. The molecule has 23 heavy (non-hydrogen) atoms. The first-order chi connectivity index (χ1) is 10.8. The van der Waals surface area contributed by atoms with Crippen molar-refractivity contribution in [2.45, 2.75) is 42.8 Å². The monoisotopic (exact) mass is 347 g/mol. The van der Waals surface area contributed by atoms with Gasteiger partial charge in [0.15, 0.2) is 0 Å². The molecular formula is C15H16F3NO3S. The van der Waals surface area contributed by atoms with Crippen molar-refractivity contribution in [2.75, 3.05) is 0 Å². The van der Waals surface area contributed by atoms with Crippen molar-refractivity contribution in [1.82, 2.24) is 5.32 Å². The first-order valence-electron chi connectivity index (χ1n) is 7.09. The standard InChI is InChI=1S/C15H16F3NO3S/c16-15(17,18)14(22)19-10-6-7-11(20)12(8-10)23-13(21)9-4-2-1-3-5-9/h1-5,10-12,20H,6-8H2,(H,19,22)/t10-,11-,12-/m0/s1. The minimum Gasteiger partial charge on any atom is -0.392 e. The summed E-state index contributed by atoms with van der Waals surface area (Å²) in [7, 11) is 0. The molecule has 1 fully saturated rings. The fourth-order valence-corrected chi connectivity index (χ4v) is 3.59. The molecule has 2 rings (SSSR count). The van der Waals surface area contributed by atoms with E-state index in [-0.39, 0.29) is 24.4 Å². The molecule has 4 nitrogen and oxygen atoms in total. The van der Waals surface area contributed by atoms with Crippen LogP contribution in [0.3, 0.4) is 0 Å². The number of carbonyl (C=O) groups is 2. The van der Waals surface area contributed by atoms with Crippen molar-refractivity contribution in [2.24, 2.45) is 0 Å². The van der Waals surface area contributed by atoms with E-state index in [2.05, 4.69) is 0 Å². The maximum atomic E-state index is 12.3. The van der Waals surface area contributed by atoms with Crippen LogP contribution in [-0.2, 0) is 4.79 Å². The van der Waals surface area contributed by atoms with E-state index in [1.165, 1.54) is 0 Å². The molecule has 126 valence electrons. The summed E-state index contributed by atoms with van der Waals surface area (Å²) in [6, 6.07) is 7.74. The summed E-state index contributed by atoms with van der Waals surface area (Å²) in [6.07, 6.45) is -5.11. The molecule has 2 N–H and O–H groups in total. The van der Waals surface area contributed by atoms with Gasteiger partial charge in [0.05, 0.1) is 6.10 Å². The molecule has 0 heterocycles. The van der Waals surface area contributed by atoms with Crippen LogP contribution in [0.5, 0.6) is 0 Å². The number of benzene rings is 1. The average Bonchev–Trinajstić information content (AvgIpc) is 2.50. The molecule has 1 aromatic rings. The third kappa shape index (κ3) is 4.97. The Morgan fingerprint density at radius 3 is 2.43 bits per heavy atom. The van der Waals surface area contributed by atoms with Gasteiger partial charge < -0.3 is 10.4 Å². The molecule has 1 saturated carbocycles. The van der Waals surface area contributed by atoms with Crippen LogP contribution in [0.2, 0.25) is 0 Å². The highest BCUT2D eigenvalue weighted by molar-refractivity contribution is 8.14. The van der Waals surface area contributed by atoms with Crippen molar-refractivity contribution in [3.8, 4) is 0 Å². The lowest BCUT2D eigenvalue weighted by Gasteiger charge is -2.33. The summed E-state index contributed by atoms with van der Waals surface area (Å²) in [6.45, 7) is 0. The normalized spacial score (nSPS) is 25.0. The second-order valence-corrected chi connectivity index (χ2v) is 6.57. The number of nitrogens with one attached hydrogen (secondary N) is 1. The van der Waals surface area contributed by atoms with Gasteiger partial charge in [-0.15, -0.1) is 0 Å². The zero-order valence-electron chi connectivity index (χ0n) is 12.0. The van der Waals surface area contributed by atoms with Crippen LogP contribution in [0.1, 0.15) is 29.6 Å². The molecule has 0 aromatic heterocycles. The van der Waals surface area contributed by atoms with E-state index >= 15 is 0 Å². The zero-order chi connectivity index (χ0) is 17.0. The van der Waals surface area contributed by atoms with E-state index in [1.807, 2.05) is 5.32 Å². The lowest BCUT2D eigenvalue weighted by molar-refractivity contribution is -0.174. The molecule has 0 spiro atoms. The van der Waals surface area contributed by atoms with Gasteiger partial charge >= 0.3 is 12.1 Å². The molecule has 0 bridgehead atoms. The van der Waals surface area contributed by atoms with Gasteiger partial charge in [-0.05, 0) is 19.3 Å². The number of rotatable bonds is 3. The lowest BCUT2D eigenvalue weighted by Crippen LogP contribution is -2.48. The summed E-state index contributed by atoms with van der Waals surface area (Å²) in [4.78, 5) is 23.1. The van der Waals surface area contributed by atoms with E-state index in [4.69, 9.17) is 0 Å². The number of carbonyl (C=O) groups excluding carboxylic acids is 2. The van der Waals surface area contributed by atoms with Crippen molar-refractivity contribution in [3.05, 3.63) is 35.9 Å². The molecule has 0 unspecified atom stereocenters. The third-order valence-corrected chi connectivity index (χ3v) is 4.88. The number of amides is 1. The topological polar surface area (TPSA) is 66.4 Å². The van der Waals surface area contributed by atoms with Gasteiger partial charge in [-0.2, -0.15) is 13.2 Å². The Kier molecular flexibility index (Phi) is 5.69. The van der Waals surface area contributed by atoms with E-state index in [9.17, 15) is 27.9 Å². The Bertz CT molecular complexity index is 565. The highest BCUT2D eigenvalue weighted by atomic mass is 32.2. The predicted octanol–water partition coefficient (Wildman–Crippen LogP) is 2.52. The summed E-state index contributed by atoms with van der Waals surface area (Å²) < 4.78 is 36.9. The molecule has 8 heteroatoms. The first kappa shape index (κ1) is 17.8. The quantitative estimate of drug-likeness (QED) is 0.882. The Hall–Kier alpha value is -1.54. The Morgan fingerprint density at radius 1 is 1.17 bits per heavy atom. The first-order valence-corrected chi connectivity index (χ1v) is 7.97. The Labute approximate surface area is 135 Å². The summed E-state index contributed by atoms with van der Waals surface area (Å²) >= 11 is 0.899. The largest absolute Gasteiger partial charge is 0.471 e. The molecule has 0 saturated heterocycles. The molecule has 1 amide bonds. The third-order valence-electron chi connectivity index (χ3n) is 3.62. The van der Waals surface area contributed by atoms with Gasteiger partial charge in [-0.1, -0.05) is 42.1 Å². The number of alkyl halides is 3. The average molecular weight is 347 g/mol. The van der Waals surface area contributed by atoms with Gasteiger partial charge in [-0.25, -0.2) is 0 Å². The van der Waals surface area contributed by atoms with Gasteiger partial charge in [0.1, 0.15) is 0 Å². The molecular weight excluding hydrogens is 331 g/mol. The van der Waals surface area contributed by atoms with Gasteiger partial charge in [0.2, 0.25) is 5.12 Å². The molecule has 0 aliphatic heterocycles. The van der Waals surface area contributed by atoms with Crippen LogP contribution in [-0.4, -0.2) is 39.7 Å². The number of halogens is 3. The molecule has 1 aliphatic carbocycles. The lowest BCUT2D eigenvalue weighted by atomic mass is 9.92. The van der Waals surface area contributed by atoms with E-state index in [1.54, 1.807) is 30.3 Å². The fourth-order valence-electron chi connectivity index (χ4n) is 2.42. The van der Waals surface area contributed by atoms with E-state index in [0.29, 0.717) is 5.56 Å². The van der Waals surface area contributed by atoms with Crippen LogP contribution in [0.4, 0.5) is 13.2 Å². The maximum Gasteiger partial charge on any atom is 0.471 e. The van der Waals surface area contributed by atoms with Crippen LogP contribution < -0.4 is 5.32 Å². The van der Waals surface area contributed by atoms with Crippen molar-refractivity contribution < 1.29 is 27.9 Å². The van der Waals surface area contributed by atoms with Crippen molar-refractivity contribution in [3.63, 3.8) is 0 Å². The van der Waals surface area contributed by atoms with Gasteiger partial charge in [0, 0.05) is 16.9 Å². The summed E-state index contributed by atoms with van der Waals surface area (Å²) in [5.74, 6) is -1.99. The number of hydrogen-bond donors (Lipinski definition) is 2. The van der Waals surface area contributed by atoms with Gasteiger partial charge in [0.25, 0.3) is 0 Å². The van der Waals surface area contributed by atoms with Crippen LogP contribution in [0, 0.1) is 0 Å². The smallest absolute Gasteiger partial charge is 0.392 e. The van der Waals surface area contributed by atoms with Gasteiger partial charge in [-0.3, -0.25) is 9.59 Å². The second kappa shape index (κ2) is 7.35. The highest BCUT2D eigenvalue weighted by Gasteiger charge is 2.41. The maximum absolute atomic E-state index is 12.3. The van der Waals surface area contributed by atoms with Crippen LogP contribution in [0.15, 0.2) is 30.3 Å². The molecule has 1 aliphatic rings. The summed E-state index contributed by atoms with van der Waals surface area (Å²) in [5, 5.41) is 11.1. The minimum absolute atomic E-state index is 0.117. The number of hydrogen-bond acceptors (Lipinski definition) is 4. The SMILES string of the molecule is O=C(S[C@H]1C[C@@H](NC(=O)C(F)(F)F)CC[C@@H]1O)c1ccccc1. The minimum atomic E-state index is -4.93. The number of thioether (sulfide) groups is 1. The molecule has 1 aromatic carbocycles. The number of aliphatic hydroxyl groups is 1. The highest BCUT2D eigenvalue weighted by Crippen LogP contribution is 2.31. The van der Waals surface area contributed by atoms with Crippen LogP contribution in [0.25, 0.3) is 0 Å². The molecule has 0 radical (unpaired) electrons. The number of aliphatic hydroxyl groups excluding tert-OH is 1. The predicted molar refractivity (Wildman–Crippen MR) is 80.0 cm³/mol. The Morgan fingerprint density at radius 2 is 1.83 bits per heavy atom.